The normalized spacial score (nSPS) is 11.4. The van der Waals surface area contributed by atoms with Crippen LogP contribution >= 0.6 is 23.4 Å². The largest absolute Gasteiger partial charge is 0.497 e. The van der Waals surface area contributed by atoms with Crippen LogP contribution in [0.25, 0.3) is 17.1 Å². The molecule has 1 amide bonds. The highest BCUT2D eigenvalue weighted by molar-refractivity contribution is 7.99. The highest BCUT2D eigenvalue weighted by Gasteiger charge is 2.17. The summed E-state index contributed by atoms with van der Waals surface area (Å²) in [5, 5.41) is 14.2. The van der Waals surface area contributed by atoms with Crippen LogP contribution in [0, 0.1) is 6.92 Å². The number of hydrogen-bond acceptors (Lipinski definition) is 6. The van der Waals surface area contributed by atoms with Gasteiger partial charge in [0.1, 0.15) is 5.75 Å². The Kier molecular flexibility index (Phi) is 7.84. The lowest BCUT2D eigenvalue weighted by Gasteiger charge is -2.10. The van der Waals surface area contributed by atoms with Gasteiger partial charge in [-0.25, -0.2) is 5.43 Å². The Bertz CT molecular complexity index is 1330. The molecule has 0 aliphatic heterocycles. The zero-order chi connectivity index (χ0) is 24.8. The van der Waals surface area contributed by atoms with Crippen LogP contribution in [0.4, 0.5) is 0 Å². The third-order valence-electron chi connectivity index (χ3n) is 5.22. The van der Waals surface area contributed by atoms with E-state index in [0.717, 1.165) is 28.1 Å². The van der Waals surface area contributed by atoms with Crippen molar-refractivity contribution in [3.63, 3.8) is 0 Å². The molecule has 0 radical (unpaired) electrons. The summed E-state index contributed by atoms with van der Waals surface area (Å²) in [6.07, 6.45) is 0. The Morgan fingerprint density at radius 3 is 2.37 bits per heavy atom. The molecule has 3 aromatic carbocycles. The van der Waals surface area contributed by atoms with Gasteiger partial charge >= 0.3 is 0 Å². The van der Waals surface area contributed by atoms with Crippen molar-refractivity contribution >= 4 is 35.0 Å². The first-order valence-corrected chi connectivity index (χ1v) is 12.2. The molecule has 0 atom stereocenters. The second kappa shape index (κ2) is 11.2. The van der Waals surface area contributed by atoms with Gasteiger partial charge in [0.2, 0.25) is 0 Å². The molecule has 0 spiro atoms. The number of hydrogen-bond donors (Lipinski definition) is 1. The minimum Gasteiger partial charge on any atom is -0.497 e. The van der Waals surface area contributed by atoms with Crippen LogP contribution in [0.2, 0.25) is 5.02 Å². The Morgan fingerprint density at radius 1 is 1.03 bits per heavy atom. The highest BCUT2D eigenvalue weighted by Crippen LogP contribution is 2.28. The Balaban J connectivity index is 1.51. The van der Waals surface area contributed by atoms with E-state index in [-0.39, 0.29) is 11.7 Å². The molecule has 9 heteroatoms. The van der Waals surface area contributed by atoms with E-state index >= 15 is 0 Å². The van der Waals surface area contributed by atoms with Crippen molar-refractivity contribution in [3.8, 4) is 22.8 Å². The number of ether oxygens (including phenoxy) is 1. The van der Waals surface area contributed by atoms with Gasteiger partial charge in [-0.3, -0.25) is 9.36 Å². The Morgan fingerprint density at radius 2 is 1.71 bits per heavy atom. The molecule has 0 aliphatic rings. The van der Waals surface area contributed by atoms with E-state index in [2.05, 4.69) is 20.7 Å². The second-order valence-electron chi connectivity index (χ2n) is 7.73. The van der Waals surface area contributed by atoms with Crippen LogP contribution in [0.1, 0.15) is 18.1 Å². The van der Waals surface area contributed by atoms with Gasteiger partial charge in [-0.05, 0) is 67.9 Å². The molecular formula is C26H24ClN5O2S. The van der Waals surface area contributed by atoms with Crippen molar-refractivity contribution in [2.75, 3.05) is 12.9 Å². The fourth-order valence-electron chi connectivity index (χ4n) is 3.28. The maximum Gasteiger partial charge on any atom is 0.250 e. The van der Waals surface area contributed by atoms with E-state index in [9.17, 15) is 4.79 Å². The number of benzene rings is 3. The molecule has 0 saturated heterocycles. The van der Waals surface area contributed by atoms with E-state index in [0.29, 0.717) is 21.7 Å². The van der Waals surface area contributed by atoms with E-state index in [1.54, 1.807) is 7.11 Å². The first-order valence-electron chi connectivity index (χ1n) is 10.8. The molecule has 0 bridgehead atoms. The van der Waals surface area contributed by atoms with Gasteiger partial charge in [-0.15, -0.1) is 10.2 Å². The molecule has 4 rings (SSSR count). The molecule has 4 aromatic rings. The summed E-state index contributed by atoms with van der Waals surface area (Å²) in [5.41, 5.74) is 7.13. The molecule has 7 nitrogen and oxygen atoms in total. The van der Waals surface area contributed by atoms with Gasteiger partial charge in [-0.2, -0.15) is 5.10 Å². The Hall–Kier alpha value is -3.62. The fraction of sp³-hybridized carbons (Fsp3) is 0.154. The zero-order valence-corrected chi connectivity index (χ0v) is 21.1. The van der Waals surface area contributed by atoms with E-state index < -0.39 is 0 Å². The molecule has 0 saturated carbocycles. The molecule has 0 aliphatic carbocycles. The lowest BCUT2D eigenvalue weighted by molar-refractivity contribution is -0.118. The molecule has 1 N–H and O–H groups in total. The monoisotopic (exact) mass is 505 g/mol. The van der Waals surface area contributed by atoms with Gasteiger partial charge in [0, 0.05) is 16.3 Å². The first-order chi connectivity index (χ1) is 16.9. The summed E-state index contributed by atoms with van der Waals surface area (Å²) < 4.78 is 7.09. The second-order valence-corrected chi connectivity index (χ2v) is 9.11. The first kappa shape index (κ1) is 24.5. The van der Waals surface area contributed by atoms with Gasteiger partial charge in [-0.1, -0.05) is 53.2 Å². The maximum absolute atomic E-state index is 12.5. The van der Waals surface area contributed by atoms with Crippen LogP contribution in [-0.4, -0.2) is 39.2 Å². The quantitative estimate of drug-likeness (QED) is 0.193. The minimum absolute atomic E-state index is 0.124. The number of halogens is 1. The van der Waals surface area contributed by atoms with Crippen LogP contribution in [-0.2, 0) is 4.79 Å². The zero-order valence-electron chi connectivity index (χ0n) is 19.5. The van der Waals surface area contributed by atoms with Crippen LogP contribution in [0.15, 0.2) is 83.1 Å². The van der Waals surface area contributed by atoms with Crippen LogP contribution < -0.4 is 10.2 Å². The number of methoxy groups -OCH3 is 1. The number of nitrogens with zero attached hydrogens (tertiary/aromatic N) is 4. The van der Waals surface area contributed by atoms with Crippen molar-refractivity contribution in [2.45, 2.75) is 19.0 Å². The van der Waals surface area contributed by atoms with Crippen LogP contribution in [0.5, 0.6) is 5.75 Å². The molecule has 1 aromatic heterocycles. The molecule has 0 unspecified atom stereocenters. The topological polar surface area (TPSA) is 81.4 Å². The third-order valence-corrected chi connectivity index (χ3v) is 6.40. The number of thioether (sulfide) groups is 1. The number of aromatic nitrogens is 3. The van der Waals surface area contributed by atoms with Crippen LogP contribution in [0.3, 0.4) is 0 Å². The van der Waals surface area contributed by atoms with Gasteiger partial charge in [0.05, 0.1) is 18.6 Å². The SMILES string of the molecule is COc1ccc(C(C)=NNC(=O)CSc2nnc(-c3ccc(C)cc3)n2-c2ccc(Cl)cc2)cc1. The summed E-state index contributed by atoms with van der Waals surface area (Å²) in [5.74, 6) is 1.32. The molecule has 0 fully saturated rings. The number of carbonyl (C=O) groups is 1. The summed E-state index contributed by atoms with van der Waals surface area (Å²) in [7, 11) is 1.62. The maximum atomic E-state index is 12.5. The average molecular weight is 506 g/mol. The third kappa shape index (κ3) is 6.09. The smallest absolute Gasteiger partial charge is 0.250 e. The minimum atomic E-state index is -0.245. The number of aryl methyl sites for hydroxylation is 1. The number of carbonyl (C=O) groups excluding carboxylic acids is 1. The number of hydrazone groups is 1. The molecule has 1 heterocycles. The van der Waals surface area contributed by atoms with Gasteiger partial charge in [0.15, 0.2) is 11.0 Å². The number of nitrogens with one attached hydrogen (secondary N) is 1. The lowest BCUT2D eigenvalue weighted by atomic mass is 10.1. The lowest BCUT2D eigenvalue weighted by Crippen LogP contribution is -2.21. The van der Waals surface area contributed by atoms with Gasteiger partial charge < -0.3 is 4.74 Å². The fourth-order valence-corrected chi connectivity index (χ4v) is 4.15. The van der Waals surface area contributed by atoms with E-state index in [4.69, 9.17) is 16.3 Å². The summed E-state index contributed by atoms with van der Waals surface area (Å²) in [6.45, 7) is 3.87. The highest BCUT2D eigenvalue weighted by atomic mass is 35.5. The van der Waals surface area contributed by atoms with Crippen molar-refractivity contribution < 1.29 is 9.53 Å². The van der Waals surface area contributed by atoms with E-state index in [1.807, 2.05) is 91.2 Å². The van der Waals surface area contributed by atoms with Crippen molar-refractivity contribution in [1.82, 2.24) is 20.2 Å². The van der Waals surface area contributed by atoms with Gasteiger partial charge in [0.25, 0.3) is 5.91 Å². The Labute approximate surface area is 213 Å². The summed E-state index contributed by atoms with van der Waals surface area (Å²) in [4.78, 5) is 12.5. The molecular weight excluding hydrogens is 482 g/mol. The predicted octanol–water partition coefficient (Wildman–Crippen LogP) is 5.54. The summed E-state index contributed by atoms with van der Waals surface area (Å²) >= 11 is 7.38. The standard InChI is InChI=1S/C26H24ClN5O2S/c1-17-4-6-20(7-5-17)25-30-31-26(32(25)22-12-10-21(27)11-13-22)35-16-24(33)29-28-18(2)19-8-14-23(34-3)15-9-19/h4-15H,16H2,1-3H3,(H,29,33). The van der Waals surface area contributed by atoms with Crippen molar-refractivity contribution in [1.29, 1.82) is 0 Å². The van der Waals surface area contributed by atoms with Crippen molar-refractivity contribution in [3.05, 3.63) is 88.9 Å². The number of rotatable bonds is 8. The predicted molar refractivity (Wildman–Crippen MR) is 141 cm³/mol. The summed E-state index contributed by atoms with van der Waals surface area (Å²) in [6, 6.07) is 23.0. The molecule has 178 valence electrons. The van der Waals surface area contributed by atoms with E-state index in [1.165, 1.54) is 11.8 Å². The molecule has 35 heavy (non-hydrogen) atoms. The average Bonchev–Trinajstić information content (AvgIpc) is 3.31. The number of amides is 1. The van der Waals surface area contributed by atoms with Crippen molar-refractivity contribution in [2.24, 2.45) is 5.10 Å².